The minimum absolute atomic E-state index is 0.0865. The second-order valence-corrected chi connectivity index (χ2v) is 6.86. The standard InChI is InChI=1S/C22H20FN3O4/c1-12-10-14(21(24)29)3-7-18(12)26-15(5-9-20(27)28)4-8-19(26)13-2-6-16(22(25)30)17(23)11-13/h2-4,6-8,10-11H,5,9H2,1H3,(H2,24,29)(H2,25,30)(H,27,28). The van der Waals surface area contributed by atoms with Crippen molar-refractivity contribution in [1.82, 2.24) is 4.57 Å². The van der Waals surface area contributed by atoms with Crippen molar-refractivity contribution in [2.45, 2.75) is 19.8 Å². The molecule has 154 valence electrons. The molecule has 0 saturated carbocycles. The minimum atomic E-state index is -0.943. The molecule has 0 atom stereocenters. The third-order valence-corrected chi connectivity index (χ3v) is 4.81. The Kier molecular flexibility index (Phi) is 5.68. The van der Waals surface area contributed by atoms with E-state index in [2.05, 4.69) is 0 Å². The Morgan fingerprint density at radius 3 is 2.30 bits per heavy atom. The van der Waals surface area contributed by atoms with Gasteiger partial charge < -0.3 is 21.1 Å². The maximum absolute atomic E-state index is 14.4. The number of aryl methyl sites for hydroxylation is 2. The molecule has 0 spiro atoms. The van der Waals surface area contributed by atoms with Gasteiger partial charge in [0.2, 0.25) is 5.91 Å². The van der Waals surface area contributed by atoms with Gasteiger partial charge in [-0.1, -0.05) is 6.07 Å². The van der Waals surface area contributed by atoms with Gasteiger partial charge in [-0.25, -0.2) is 4.39 Å². The van der Waals surface area contributed by atoms with E-state index in [9.17, 15) is 18.8 Å². The average molecular weight is 409 g/mol. The number of carboxylic acid groups (broad SMARTS) is 1. The first kappa shape index (κ1) is 20.8. The molecule has 0 bridgehead atoms. The summed E-state index contributed by atoms with van der Waals surface area (Å²) >= 11 is 0. The first-order valence-corrected chi connectivity index (χ1v) is 9.12. The number of halogens is 1. The van der Waals surface area contributed by atoms with Crippen molar-refractivity contribution in [2.75, 3.05) is 0 Å². The van der Waals surface area contributed by atoms with Crippen LogP contribution >= 0.6 is 0 Å². The number of amides is 2. The number of carbonyl (C=O) groups excluding carboxylic acids is 2. The molecule has 0 unspecified atom stereocenters. The summed E-state index contributed by atoms with van der Waals surface area (Å²) in [6.45, 7) is 1.79. The predicted molar refractivity (Wildman–Crippen MR) is 109 cm³/mol. The van der Waals surface area contributed by atoms with E-state index in [1.165, 1.54) is 12.1 Å². The van der Waals surface area contributed by atoms with Gasteiger partial charge in [-0.15, -0.1) is 0 Å². The second-order valence-electron chi connectivity index (χ2n) is 6.86. The summed E-state index contributed by atoms with van der Waals surface area (Å²) in [4.78, 5) is 33.9. The molecule has 0 fully saturated rings. The van der Waals surface area contributed by atoms with Crippen molar-refractivity contribution in [1.29, 1.82) is 0 Å². The van der Waals surface area contributed by atoms with Crippen LogP contribution in [0, 0.1) is 12.7 Å². The Bertz CT molecular complexity index is 1170. The molecule has 3 aromatic rings. The van der Waals surface area contributed by atoms with Crippen LogP contribution in [0.3, 0.4) is 0 Å². The third-order valence-electron chi connectivity index (χ3n) is 4.81. The lowest BCUT2D eigenvalue weighted by Gasteiger charge is -2.17. The molecule has 1 aromatic heterocycles. The lowest BCUT2D eigenvalue weighted by Crippen LogP contribution is -2.13. The lowest BCUT2D eigenvalue weighted by atomic mass is 10.1. The number of primary amides is 2. The number of carboxylic acids is 1. The van der Waals surface area contributed by atoms with E-state index >= 15 is 0 Å². The molecule has 1 heterocycles. The van der Waals surface area contributed by atoms with Crippen LogP contribution in [0.5, 0.6) is 0 Å². The summed E-state index contributed by atoms with van der Waals surface area (Å²) in [5.41, 5.74) is 13.9. The van der Waals surface area contributed by atoms with Gasteiger partial charge in [-0.3, -0.25) is 14.4 Å². The quantitative estimate of drug-likeness (QED) is 0.554. The molecule has 2 amide bonds. The molecule has 5 N–H and O–H groups in total. The van der Waals surface area contributed by atoms with Crippen LogP contribution in [0.2, 0.25) is 0 Å². The Morgan fingerprint density at radius 1 is 1.00 bits per heavy atom. The highest BCUT2D eigenvalue weighted by atomic mass is 19.1. The monoisotopic (exact) mass is 409 g/mol. The van der Waals surface area contributed by atoms with E-state index in [0.29, 0.717) is 28.2 Å². The van der Waals surface area contributed by atoms with Gasteiger partial charge in [0.15, 0.2) is 0 Å². The van der Waals surface area contributed by atoms with Gasteiger partial charge in [0.05, 0.1) is 17.7 Å². The molecule has 0 aliphatic rings. The summed E-state index contributed by atoms with van der Waals surface area (Å²) in [7, 11) is 0. The number of carbonyl (C=O) groups is 3. The highest BCUT2D eigenvalue weighted by Crippen LogP contribution is 2.30. The Hall–Kier alpha value is -3.94. The first-order valence-electron chi connectivity index (χ1n) is 9.12. The van der Waals surface area contributed by atoms with Crippen LogP contribution in [0.1, 0.15) is 38.4 Å². The van der Waals surface area contributed by atoms with Crippen molar-refractivity contribution in [3.8, 4) is 16.9 Å². The molecule has 0 aliphatic heterocycles. The molecular weight excluding hydrogens is 389 g/mol. The molecule has 3 rings (SSSR count). The van der Waals surface area contributed by atoms with E-state index in [-0.39, 0.29) is 18.4 Å². The van der Waals surface area contributed by atoms with E-state index < -0.39 is 23.6 Å². The summed E-state index contributed by atoms with van der Waals surface area (Å²) in [5.74, 6) is -3.12. The van der Waals surface area contributed by atoms with Crippen LogP contribution in [-0.2, 0) is 11.2 Å². The molecular formula is C22H20FN3O4. The van der Waals surface area contributed by atoms with E-state index in [0.717, 1.165) is 5.56 Å². The number of aromatic nitrogens is 1. The number of rotatable bonds is 7. The highest BCUT2D eigenvalue weighted by molar-refractivity contribution is 5.94. The van der Waals surface area contributed by atoms with Gasteiger partial charge in [0, 0.05) is 22.5 Å². The number of hydrogen-bond donors (Lipinski definition) is 3. The van der Waals surface area contributed by atoms with Crippen molar-refractivity contribution in [2.24, 2.45) is 11.5 Å². The van der Waals surface area contributed by atoms with Crippen LogP contribution in [-0.4, -0.2) is 27.5 Å². The number of nitrogens with two attached hydrogens (primary N) is 2. The minimum Gasteiger partial charge on any atom is -0.481 e. The zero-order chi connectivity index (χ0) is 22.0. The molecule has 0 radical (unpaired) electrons. The maximum Gasteiger partial charge on any atom is 0.303 e. The molecule has 8 heteroatoms. The topological polar surface area (TPSA) is 128 Å². The Balaban J connectivity index is 2.18. The zero-order valence-electron chi connectivity index (χ0n) is 16.2. The summed E-state index contributed by atoms with van der Waals surface area (Å²) in [5, 5.41) is 9.08. The number of hydrogen-bond acceptors (Lipinski definition) is 3. The van der Waals surface area contributed by atoms with Crippen LogP contribution in [0.15, 0.2) is 48.5 Å². The van der Waals surface area contributed by atoms with E-state index in [1.54, 1.807) is 43.3 Å². The number of aliphatic carboxylic acids is 1. The normalized spacial score (nSPS) is 10.7. The summed E-state index contributed by atoms with van der Waals surface area (Å²) < 4.78 is 16.2. The molecule has 2 aromatic carbocycles. The number of nitrogens with zero attached hydrogens (tertiary/aromatic N) is 1. The van der Waals surface area contributed by atoms with E-state index in [4.69, 9.17) is 16.6 Å². The second kappa shape index (κ2) is 8.20. The fourth-order valence-electron chi connectivity index (χ4n) is 3.35. The molecule has 30 heavy (non-hydrogen) atoms. The van der Waals surface area contributed by atoms with Gasteiger partial charge in [-0.2, -0.15) is 0 Å². The largest absolute Gasteiger partial charge is 0.481 e. The van der Waals surface area contributed by atoms with Crippen molar-refractivity contribution in [3.63, 3.8) is 0 Å². The number of benzene rings is 2. The van der Waals surface area contributed by atoms with Crippen LogP contribution in [0.4, 0.5) is 4.39 Å². The smallest absolute Gasteiger partial charge is 0.303 e. The fraction of sp³-hybridized carbons (Fsp3) is 0.136. The summed E-state index contributed by atoms with van der Waals surface area (Å²) in [6.07, 6.45) is 0.158. The highest BCUT2D eigenvalue weighted by Gasteiger charge is 2.17. The van der Waals surface area contributed by atoms with Gasteiger partial charge in [0.25, 0.3) is 5.91 Å². The third kappa shape index (κ3) is 4.07. The van der Waals surface area contributed by atoms with Crippen molar-refractivity contribution < 1.29 is 23.9 Å². The summed E-state index contributed by atoms with van der Waals surface area (Å²) in [6, 6.07) is 12.5. The SMILES string of the molecule is Cc1cc(C(N)=O)ccc1-n1c(CCC(=O)O)ccc1-c1ccc(C(N)=O)c(F)c1. The van der Waals surface area contributed by atoms with Crippen molar-refractivity contribution >= 4 is 17.8 Å². The molecule has 7 nitrogen and oxygen atoms in total. The first-order chi connectivity index (χ1) is 14.2. The van der Waals surface area contributed by atoms with Crippen LogP contribution in [0.25, 0.3) is 16.9 Å². The van der Waals surface area contributed by atoms with Gasteiger partial charge in [0.1, 0.15) is 5.82 Å². The van der Waals surface area contributed by atoms with Gasteiger partial charge >= 0.3 is 5.97 Å². The average Bonchev–Trinajstić information content (AvgIpc) is 3.09. The van der Waals surface area contributed by atoms with Crippen LogP contribution < -0.4 is 11.5 Å². The Morgan fingerprint density at radius 2 is 1.73 bits per heavy atom. The molecule has 0 saturated heterocycles. The van der Waals surface area contributed by atoms with E-state index in [1.807, 2.05) is 4.57 Å². The molecule has 0 aliphatic carbocycles. The lowest BCUT2D eigenvalue weighted by molar-refractivity contribution is -0.137. The predicted octanol–water partition coefficient (Wildman–Crippen LogP) is 2.81. The Labute approximate surface area is 171 Å². The van der Waals surface area contributed by atoms with Crippen molar-refractivity contribution in [3.05, 3.63) is 76.7 Å². The van der Waals surface area contributed by atoms with Gasteiger partial charge in [-0.05, 0) is 61.4 Å². The fourth-order valence-corrected chi connectivity index (χ4v) is 3.35. The maximum atomic E-state index is 14.4. The zero-order valence-corrected chi connectivity index (χ0v) is 16.2.